The van der Waals surface area contributed by atoms with Crippen LogP contribution in [0.25, 0.3) is 0 Å². The number of carbonyl (C=O) groups is 2. The van der Waals surface area contributed by atoms with E-state index in [9.17, 15) is 14.0 Å². The van der Waals surface area contributed by atoms with E-state index < -0.39 is 5.82 Å². The molecule has 5 heteroatoms. The zero-order valence-corrected chi connectivity index (χ0v) is 9.04. The molecule has 0 saturated heterocycles. The predicted molar refractivity (Wildman–Crippen MR) is 56.0 cm³/mol. The molecule has 0 heterocycles. The second-order valence-electron chi connectivity index (χ2n) is 3.16. The second-order valence-corrected chi connectivity index (χ2v) is 3.16. The van der Waals surface area contributed by atoms with Crippen LogP contribution in [0.2, 0.25) is 0 Å². The van der Waals surface area contributed by atoms with Crippen LogP contribution < -0.4 is 10.1 Å². The topological polar surface area (TPSA) is 55.4 Å². The largest absolute Gasteiger partial charge is 0.484 e. The van der Waals surface area contributed by atoms with Gasteiger partial charge in [-0.1, -0.05) is 0 Å². The highest BCUT2D eigenvalue weighted by molar-refractivity contribution is 5.94. The van der Waals surface area contributed by atoms with Crippen molar-refractivity contribution in [2.24, 2.45) is 0 Å². The number of hydrogen-bond acceptors (Lipinski definition) is 3. The molecule has 1 rings (SSSR count). The number of rotatable bonds is 4. The molecule has 0 aliphatic heterocycles. The summed E-state index contributed by atoms with van der Waals surface area (Å²) in [5.74, 6) is -1.10. The lowest BCUT2D eigenvalue weighted by Crippen LogP contribution is -2.24. The number of benzene rings is 1. The van der Waals surface area contributed by atoms with Crippen LogP contribution in [0.4, 0.5) is 4.39 Å². The van der Waals surface area contributed by atoms with Crippen molar-refractivity contribution in [2.75, 3.05) is 13.7 Å². The molecule has 0 atom stereocenters. The van der Waals surface area contributed by atoms with Crippen LogP contribution in [0.3, 0.4) is 0 Å². The Labute approximate surface area is 92.4 Å². The van der Waals surface area contributed by atoms with E-state index >= 15 is 0 Å². The van der Waals surface area contributed by atoms with Crippen molar-refractivity contribution in [2.45, 2.75) is 6.92 Å². The maximum absolute atomic E-state index is 13.3. The van der Waals surface area contributed by atoms with Gasteiger partial charge in [-0.25, -0.2) is 4.39 Å². The summed E-state index contributed by atoms with van der Waals surface area (Å²) >= 11 is 0. The molecule has 1 aromatic carbocycles. The van der Waals surface area contributed by atoms with Crippen LogP contribution in [0.1, 0.15) is 17.3 Å². The molecule has 1 aromatic rings. The minimum atomic E-state index is -0.651. The van der Waals surface area contributed by atoms with E-state index in [2.05, 4.69) is 5.32 Å². The Kier molecular flexibility index (Phi) is 3.99. The zero-order chi connectivity index (χ0) is 12.1. The van der Waals surface area contributed by atoms with Gasteiger partial charge in [0.1, 0.15) is 11.6 Å². The van der Waals surface area contributed by atoms with Crippen molar-refractivity contribution < 1.29 is 18.7 Å². The van der Waals surface area contributed by atoms with Crippen LogP contribution >= 0.6 is 0 Å². The lowest BCUT2D eigenvalue weighted by atomic mass is 10.1. The summed E-state index contributed by atoms with van der Waals surface area (Å²) in [6, 6.07) is 3.86. The maximum Gasteiger partial charge on any atom is 0.257 e. The van der Waals surface area contributed by atoms with Gasteiger partial charge in [-0.05, 0) is 19.1 Å². The molecule has 4 nitrogen and oxygen atoms in total. The molecule has 0 aliphatic carbocycles. The van der Waals surface area contributed by atoms with Gasteiger partial charge in [-0.3, -0.25) is 9.59 Å². The van der Waals surface area contributed by atoms with E-state index in [1.807, 2.05) is 0 Å². The number of amides is 1. The average molecular weight is 225 g/mol. The maximum atomic E-state index is 13.3. The second kappa shape index (κ2) is 5.25. The van der Waals surface area contributed by atoms with Gasteiger partial charge in [0.2, 0.25) is 0 Å². The Morgan fingerprint density at radius 1 is 1.44 bits per heavy atom. The first-order chi connectivity index (χ1) is 7.54. The first-order valence-corrected chi connectivity index (χ1v) is 4.68. The molecule has 1 amide bonds. The monoisotopic (exact) mass is 225 g/mol. The van der Waals surface area contributed by atoms with Crippen LogP contribution in [-0.4, -0.2) is 25.3 Å². The minimum absolute atomic E-state index is 0.00675. The van der Waals surface area contributed by atoms with Gasteiger partial charge in [0.25, 0.3) is 5.91 Å². The smallest absolute Gasteiger partial charge is 0.257 e. The van der Waals surface area contributed by atoms with Crippen LogP contribution in [0.5, 0.6) is 5.75 Å². The SMILES string of the molecule is CNC(=O)COc1ccc(C(C)=O)c(F)c1. The quantitative estimate of drug-likeness (QED) is 0.782. The van der Waals surface area contributed by atoms with Crippen molar-refractivity contribution in [1.82, 2.24) is 5.32 Å². The summed E-state index contributed by atoms with van der Waals surface area (Å²) in [7, 11) is 1.48. The Hall–Kier alpha value is -1.91. The van der Waals surface area contributed by atoms with E-state index in [1.165, 1.54) is 26.1 Å². The van der Waals surface area contributed by atoms with Crippen LogP contribution in [0, 0.1) is 5.82 Å². The summed E-state index contributed by atoms with van der Waals surface area (Å²) in [6.07, 6.45) is 0. The highest BCUT2D eigenvalue weighted by Crippen LogP contribution is 2.16. The van der Waals surface area contributed by atoms with Gasteiger partial charge in [-0.15, -0.1) is 0 Å². The summed E-state index contributed by atoms with van der Waals surface area (Å²) in [4.78, 5) is 21.8. The highest BCUT2D eigenvalue weighted by atomic mass is 19.1. The number of Topliss-reactive ketones (excluding diaryl/α,β-unsaturated/α-hetero) is 1. The summed E-state index contributed by atoms with van der Waals surface area (Å²) < 4.78 is 18.3. The normalized spacial score (nSPS) is 9.69. The molecule has 0 aromatic heterocycles. The third-order valence-corrected chi connectivity index (χ3v) is 1.97. The summed E-state index contributed by atoms with van der Waals surface area (Å²) in [5, 5.41) is 2.37. The molecule has 1 N–H and O–H groups in total. The average Bonchev–Trinajstić information content (AvgIpc) is 2.25. The lowest BCUT2D eigenvalue weighted by Gasteiger charge is -2.06. The number of nitrogens with one attached hydrogen (secondary N) is 1. The molecule has 0 spiro atoms. The molecule has 0 fully saturated rings. The standard InChI is InChI=1S/C11H12FNO3/c1-7(14)9-4-3-8(5-10(9)12)16-6-11(15)13-2/h3-5H,6H2,1-2H3,(H,13,15). The fraction of sp³-hybridized carbons (Fsp3) is 0.273. The molecule has 0 radical (unpaired) electrons. The Morgan fingerprint density at radius 3 is 2.62 bits per heavy atom. The van der Waals surface area contributed by atoms with Crippen molar-refractivity contribution in [3.05, 3.63) is 29.6 Å². The first-order valence-electron chi connectivity index (χ1n) is 4.68. The van der Waals surface area contributed by atoms with Gasteiger partial charge in [-0.2, -0.15) is 0 Å². The third-order valence-electron chi connectivity index (χ3n) is 1.97. The molecule has 0 bridgehead atoms. The van der Waals surface area contributed by atoms with Gasteiger partial charge in [0, 0.05) is 13.1 Å². The molecular formula is C11H12FNO3. The number of halogens is 1. The Balaban J connectivity index is 2.74. The highest BCUT2D eigenvalue weighted by Gasteiger charge is 2.08. The Bertz CT molecular complexity index is 418. The van der Waals surface area contributed by atoms with E-state index in [4.69, 9.17) is 4.74 Å². The molecule has 86 valence electrons. The number of carbonyl (C=O) groups excluding carboxylic acids is 2. The Morgan fingerprint density at radius 2 is 2.12 bits per heavy atom. The van der Waals surface area contributed by atoms with Crippen molar-refractivity contribution in [3.8, 4) is 5.75 Å². The predicted octanol–water partition coefficient (Wildman–Crippen LogP) is 1.15. The zero-order valence-electron chi connectivity index (χ0n) is 9.04. The van der Waals surface area contributed by atoms with Crippen molar-refractivity contribution in [1.29, 1.82) is 0 Å². The fourth-order valence-electron chi connectivity index (χ4n) is 1.09. The van der Waals surface area contributed by atoms with E-state index in [0.29, 0.717) is 0 Å². The van der Waals surface area contributed by atoms with Gasteiger partial charge in [0.15, 0.2) is 12.4 Å². The number of hydrogen-bond donors (Lipinski definition) is 1. The molecule has 16 heavy (non-hydrogen) atoms. The van der Waals surface area contributed by atoms with Gasteiger partial charge < -0.3 is 10.1 Å². The van der Waals surface area contributed by atoms with Crippen LogP contribution in [0.15, 0.2) is 18.2 Å². The van der Waals surface area contributed by atoms with Crippen molar-refractivity contribution >= 4 is 11.7 Å². The molecule has 0 aliphatic rings. The van der Waals surface area contributed by atoms with E-state index in [-0.39, 0.29) is 29.6 Å². The summed E-state index contributed by atoms with van der Waals surface area (Å²) in [6.45, 7) is 1.10. The minimum Gasteiger partial charge on any atom is -0.484 e. The van der Waals surface area contributed by atoms with Crippen molar-refractivity contribution in [3.63, 3.8) is 0 Å². The van der Waals surface area contributed by atoms with Crippen LogP contribution in [-0.2, 0) is 4.79 Å². The number of likely N-dealkylation sites (N-methyl/N-ethyl adjacent to an activating group) is 1. The van der Waals surface area contributed by atoms with E-state index in [1.54, 1.807) is 0 Å². The van der Waals surface area contributed by atoms with Gasteiger partial charge >= 0.3 is 0 Å². The molecule has 0 unspecified atom stereocenters. The molecular weight excluding hydrogens is 213 g/mol. The lowest BCUT2D eigenvalue weighted by molar-refractivity contribution is -0.122. The first kappa shape index (κ1) is 12.2. The third kappa shape index (κ3) is 3.05. The fourth-order valence-corrected chi connectivity index (χ4v) is 1.09. The number of ketones is 1. The van der Waals surface area contributed by atoms with Gasteiger partial charge in [0.05, 0.1) is 5.56 Å². The number of ether oxygens (including phenoxy) is 1. The summed E-state index contributed by atoms with van der Waals surface area (Å²) in [5.41, 5.74) is 0.00675. The molecule has 0 saturated carbocycles. The van der Waals surface area contributed by atoms with E-state index in [0.717, 1.165) is 6.07 Å².